The van der Waals surface area contributed by atoms with Crippen LogP contribution in [0.25, 0.3) is 0 Å². The van der Waals surface area contributed by atoms with Crippen LogP contribution in [0, 0.1) is 0 Å². The van der Waals surface area contributed by atoms with Gasteiger partial charge in [-0.15, -0.1) is 5.06 Å². The number of ether oxygens (including phenoxy) is 1. The van der Waals surface area contributed by atoms with Crippen LogP contribution >= 0.6 is 23.2 Å². The Morgan fingerprint density at radius 2 is 1.48 bits per heavy atom. The fourth-order valence-corrected chi connectivity index (χ4v) is 2.99. The maximum absolute atomic E-state index is 12.1. The molecular formula is C22H26Cl2N2O5. The molecule has 2 aromatic rings. The van der Waals surface area contributed by atoms with E-state index in [1.54, 1.807) is 56.7 Å². The van der Waals surface area contributed by atoms with Crippen LogP contribution in [0.2, 0.25) is 10.0 Å². The zero-order valence-corrected chi connectivity index (χ0v) is 19.4. The highest BCUT2D eigenvalue weighted by atomic mass is 35.5. The highest BCUT2D eigenvalue weighted by Gasteiger charge is 2.32. The number of hydrogen-bond donors (Lipinski definition) is 1. The molecule has 1 aliphatic heterocycles. The number of amides is 2. The lowest BCUT2D eigenvalue weighted by Gasteiger charge is -2.16. The topological polar surface area (TPSA) is 84.9 Å². The van der Waals surface area contributed by atoms with Crippen LogP contribution in [0.4, 0.5) is 11.4 Å². The van der Waals surface area contributed by atoms with Gasteiger partial charge in [0.2, 0.25) is 0 Å². The predicted molar refractivity (Wildman–Crippen MR) is 121 cm³/mol. The zero-order valence-electron chi connectivity index (χ0n) is 17.9. The van der Waals surface area contributed by atoms with Crippen molar-refractivity contribution in [1.29, 1.82) is 0 Å². The van der Waals surface area contributed by atoms with Gasteiger partial charge in [-0.2, -0.15) is 0 Å². The van der Waals surface area contributed by atoms with Gasteiger partial charge >= 0.3 is 5.97 Å². The number of carbonyl (C=O) groups is 3. The normalized spacial score (nSPS) is 12.4. The summed E-state index contributed by atoms with van der Waals surface area (Å²) in [4.78, 5) is 40.1. The van der Waals surface area contributed by atoms with Crippen molar-refractivity contribution in [2.24, 2.45) is 0 Å². The van der Waals surface area contributed by atoms with Crippen molar-refractivity contribution in [3.8, 4) is 0 Å². The second kappa shape index (κ2) is 13.6. The number of imide groups is 1. The molecule has 0 aromatic heterocycles. The van der Waals surface area contributed by atoms with Crippen LogP contribution in [-0.4, -0.2) is 37.1 Å². The summed E-state index contributed by atoms with van der Waals surface area (Å²) in [6.45, 7) is 4.00. The number of halogens is 2. The van der Waals surface area contributed by atoms with Crippen LogP contribution in [0.3, 0.4) is 0 Å². The Morgan fingerprint density at radius 3 is 2.03 bits per heavy atom. The van der Waals surface area contributed by atoms with E-state index in [4.69, 9.17) is 28.0 Å². The molecule has 0 radical (unpaired) electrons. The molecule has 0 atom stereocenters. The van der Waals surface area contributed by atoms with Gasteiger partial charge in [-0.05, 0) is 23.8 Å². The second-order valence-corrected chi connectivity index (χ2v) is 6.82. The molecule has 9 heteroatoms. The lowest BCUT2D eigenvalue weighted by atomic mass is 10.1. The lowest BCUT2D eigenvalue weighted by molar-refractivity contribution is -0.197. The fraction of sp³-hybridized carbons (Fsp3) is 0.318. The summed E-state index contributed by atoms with van der Waals surface area (Å²) in [5, 5.41) is 4.50. The Morgan fingerprint density at radius 1 is 0.968 bits per heavy atom. The molecule has 1 heterocycles. The molecule has 31 heavy (non-hydrogen) atoms. The fourth-order valence-electron chi connectivity index (χ4n) is 2.50. The smallest absolute Gasteiger partial charge is 0.337 e. The number of benzene rings is 2. The first-order valence-corrected chi connectivity index (χ1v) is 10.4. The molecule has 0 aliphatic carbocycles. The van der Waals surface area contributed by atoms with Gasteiger partial charge in [-0.3, -0.25) is 9.59 Å². The standard InChI is InChI=1S/C18H14Cl2N2O4.C2H6O.C2H6/c19-12-5-3-6-13(20)18(12)21-14-7-2-1-4-11(14)10-17(25)26-22-15(23)8-9-16(22)24;1-3-2;1-2/h1-7,21H,8-10H2;1-2H3;1-2H3. The molecule has 1 aliphatic rings. The summed E-state index contributed by atoms with van der Waals surface area (Å²) < 4.78 is 4.25. The number of nitrogens with zero attached hydrogens (tertiary/aromatic N) is 1. The van der Waals surface area contributed by atoms with Crippen LogP contribution in [0.15, 0.2) is 42.5 Å². The summed E-state index contributed by atoms with van der Waals surface area (Å²) in [6, 6.07) is 12.1. The third kappa shape index (κ3) is 7.86. The van der Waals surface area contributed by atoms with Gasteiger partial charge in [0.15, 0.2) is 0 Å². The molecule has 7 nitrogen and oxygen atoms in total. The molecule has 1 N–H and O–H groups in total. The molecule has 1 fully saturated rings. The van der Waals surface area contributed by atoms with Gasteiger partial charge < -0.3 is 14.9 Å². The molecule has 0 unspecified atom stereocenters. The van der Waals surface area contributed by atoms with Crippen LogP contribution in [0.5, 0.6) is 0 Å². The average Bonchev–Trinajstić information content (AvgIpc) is 3.06. The van der Waals surface area contributed by atoms with E-state index in [1.165, 1.54) is 0 Å². The van der Waals surface area contributed by atoms with Gasteiger partial charge in [-0.25, -0.2) is 4.79 Å². The molecule has 3 rings (SSSR count). The van der Waals surface area contributed by atoms with Crippen molar-refractivity contribution in [3.05, 3.63) is 58.1 Å². The number of rotatable bonds is 5. The van der Waals surface area contributed by atoms with Crippen molar-refractivity contribution in [2.45, 2.75) is 33.1 Å². The van der Waals surface area contributed by atoms with Crippen molar-refractivity contribution in [3.63, 3.8) is 0 Å². The van der Waals surface area contributed by atoms with E-state index in [0.717, 1.165) is 0 Å². The van der Waals surface area contributed by atoms with Crippen LogP contribution < -0.4 is 5.32 Å². The van der Waals surface area contributed by atoms with Gasteiger partial charge in [0, 0.05) is 32.7 Å². The number of anilines is 2. The Labute approximate surface area is 192 Å². The van der Waals surface area contributed by atoms with Crippen molar-refractivity contribution < 1.29 is 24.0 Å². The van der Waals surface area contributed by atoms with E-state index in [0.29, 0.717) is 32.0 Å². The summed E-state index contributed by atoms with van der Waals surface area (Å²) in [7, 11) is 3.25. The first-order chi connectivity index (χ1) is 14.9. The minimum absolute atomic E-state index is 0.0509. The van der Waals surface area contributed by atoms with E-state index in [-0.39, 0.29) is 19.3 Å². The zero-order chi connectivity index (χ0) is 23.4. The second-order valence-electron chi connectivity index (χ2n) is 6.01. The molecule has 168 valence electrons. The van der Waals surface area contributed by atoms with E-state index >= 15 is 0 Å². The number of para-hydroxylation sites is 2. The first-order valence-electron chi connectivity index (χ1n) is 9.63. The molecular weight excluding hydrogens is 443 g/mol. The van der Waals surface area contributed by atoms with Crippen molar-refractivity contribution in [2.75, 3.05) is 19.5 Å². The summed E-state index contributed by atoms with van der Waals surface area (Å²) in [6.07, 6.45) is -0.0349. The highest BCUT2D eigenvalue weighted by Crippen LogP contribution is 2.33. The maximum Gasteiger partial charge on any atom is 0.337 e. The van der Waals surface area contributed by atoms with E-state index in [2.05, 4.69) is 10.1 Å². The molecule has 2 amide bonds. The van der Waals surface area contributed by atoms with Crippen molar-refractivity contribution >= 4 is 52.4 Å². The van der Waals surface area contributed by atoms with Gasteiger partial charge in [0.25, 0.3) is 11.8 Å². The number of carbonyl (C=O) groups excluding carboxylic acids is 3. The Bertz CT molecular complexity index is 869. The van der Waals surface area contributed by atoms with Crippen molar-refractivity contribution in [1.82, 2.24) is 5.06 Å². The first kappa shape index (κ1) is 26.4. The Kier molecular flexibility index (Phi) is 11.6. The number of hydroxylamine groups is 2. The van der Waals surface area contributed by atoms with E-state index in [1.807, 2.05) is 13.8 Å². The number of methoxy groups -OCH3 is 1. The third-order valence-corrected chi connectivity index (χ3v) is 4.40. The van der Waals surface area contributed by atoms with E-state index < -0.39 is 17.8 Å². The van der Waals surface area contributed by atoms with Crippen LogP contribution in [0.1, 0.15) is 32.3 Å². The maximum atomic E-state index is 12.1. The number of hydrogen-bond acceptors (Lipinski definition) is 6. The third-order valence-electron chi connectivity index (χ3n) is 3.77. The van der Waals surface area contributed by atoms with Gasteiger partial charge in [0.1, 0.15) is 0 Å². The van der Waals surface area contributed by atoms with Crippen LogP contribution in [-0.2, 0) is 30.4 Å². The minimum Gasteiger partial charge on any atom is -0.388 e. The summed E-state index contributed by atoms with van der Waals surface area (Å²) in [5.41, 5.74) is 1.73. The van der Waals surface area contributed by atoms with Gasteiger partial charge in [0.05, 0.1) is 22.2 Å². The largest absolute Gasteiger partial charge is 0.388 e. The minimum atomic E-state index is -0.715. The average molecular weight is 469 g/mol. The number of nitrogens with one attached hydrogen (secondary N) is 1. The van der Waals surface area contributed by atoms with Gasteiger partial charge in [-0.1, -0.05) is 61.3 Å². The lowest BCUT2D eigenvalue weighted by Crippen LogP contribution is -2.32. The van der Waals surface area contributed by atoms with E-state index in [9.17, 15) is 14.4 Å². The Balaban J connectivity index is 0.000000884. The predicted octanol–water partition coefficient (Wildman–Crippen LogP) is 5.18. The molecule has 0 bridgehead atoms. The molecule has 2 aromatic carbocycles. The Hall–Kier alpha value is -2.61. The molecule has 0 saturated carbocycles. The monoisotopic (exact) mass is 468 g/mol. The molecule has 1 saturated heterocycles. The summed E-state index contributed by atoms with van der Waals surface area (Å²) in [5.74, 6) is -1.75. The summed E-state index contributed by atoms with van der Waals surface area (Å²) >= 11 is 12.3. The quantitative estimate of drug-likeness (QED) is 0.608. The highest BCUT2D eigenvalue weighted by molar-refractivity contribution is 6.39. The molecule has 0 spiro atoms. The SMILES string of the molecule is CC.COC.O=C(Cc1ccccc1Nc1c(Cl)cccc1Cl)ON1C(=O)CCC1=O.